The number of likely N-dealkylation sites (tertiary alicyclic amines) is 1. The van der Waals surface area contributed by atoms with Crippen molar-refractivity contribution in [1.29, 1.82) is 0 Å². The number of hydrogen-bond donors (Lipinski definition) is 3. The Bertz CT molecular complexity index is 2040. The van der Waals surface area contributed by atoms with Crippen LogP contribution in [0.3, 0.4) is 0 Å². The molecule has 3 aromatic heterocycles. The van der Waals surface area contributed by atoms with Crippen molar-refractivity contribution < 1.29 is 28.5 Å². The maximum Gasteiger partial charge on any atom is 0.310 e. The lowest BCUT2D eigenvalue weighted by Crippen LogP contribution is -2.36. The number of carboxylic acid groups (broad SMARTS) is 1. The Kier molecular flexibility index (Phi) is 8.76. The third kappa shape index (κ3) is 6.31. The van der Waals surface area contributed by atoms with Crippen LogP contribution in [0, 0.1) is 26.2 Å². The highest BCUT2D eigenvalue weighted by atomic mass is 32.3. The molecule has 13 nitrogen and oxygen atoms in total. The lowest BCUT2D eigenvalue weighted by molar-refractivity contribution is -0.147. The third-order valence-corrected chi connectivity index (χ3v) is 13.4. The molecule has 0 bridgehead atoms. The first-order valence-corrected chi connectivity index (χ1v) is 19.9. The summed E-state index contributed by atoms with van der Waals surface area (Å²) in [7, 11) is -3.55. The van der Waals surface area contributed by atoms with E-state index in [9.17, 15) is 19.0 Å². The summed E-state index contributed by atoms with van der Waals surface area (Å²) in [5.41, 5.74) is 4.56. The number of hydrogen-bond acceptors (Lipinski definition) is 11. The van der Waals surface area contributed by atoms with Crippen LogP contribution < -0.4 is 9.47 Å². The molecule has 3 fully saturated rings. The Hall–Kier alpha value is -3.82. The van der Waals surface area contributed by atoms with Gasteiger partial charge in [-0.1, -0.05) is 17.3 Å². The highest BCUT2D eigenvalue weighted by Gasteiger charge is 2.53. The molecule has 14 heteroatoms. The third-order valence-electron chi connectivity index (χ3n) is 11.5. The lowest BCUT2D eigenvalue weighted by atomic mass is 9.70. The molecule has 2 aliphatic heterocycles. The number of fused-ring (bicyclic) bond motifs is 2. The zero-order chi connectivity index (χ0) is 36.6. The molecular formula is C38H49N7O6S. The van der Waals surface area contributed by atoms with E-state index in [1.54, 1.807) is 30.4 Å². The van der Waals surface area contributed by atoms with Crippen LogP contribution in [0.25, 0.3) is 11.0 Å². The fraction of sp³-hybridized carbons (Fsp3) is 0.553. The van der Waals surface area contributed by atoms with Crippen molar-refractivity contribution >= 4 is 27.8 Å². The molecule has 5 heterocycles. The molecule has 0 amide bonds. The number of aliphatic carboxylic acids is 1. The first kappa shape index (κ1) is 35.2. The molecule has 1 atom stereocenters. The summed E-state index contributed by atoms with van der Waals surface area (Å²) in [6.07, 6.45) is 7.85. The predicted octanol–water partition coefficient (Wildman–Crippen LogP) is 6.65. The van der Waals surface area contributed by atoms with Crippen LogP contribution in [0.2, 0.25) is 0 Å². The van der Waals surface area contributed by atoms with Gasteiger partial charge in [0.2, 0.25) is 11.8 Å². The molecular weight excluding hydrogens is 683 g/mol. The predicted molar refractivity (Wildman–Crippen MR) is 197 cm³/mol. The Labute approximate surface area is 305 Å². The Morgan fingerprint density at radius 1 is 1.13 bits per heavy atom. The van der Waals surface area contributed by atoms with Crippen molar-refractivity contribution in [2.75, 3.05) is 32.8 Å². The van der Waals surface area contributed by atoms with Crippen LogP contribution >= 0.6 is 10.8 Å². The zero-order valence-electron chi connectivity index (χ0n) is 30.6. The summed E-state index contributed by atoms with van der Waals surface area (Å²) in [5.74, 6) is -0.862. The van der Waals surface area contributed by atoms with E-state index in [0.717, 1.165) is 84.3 Å². The first-order valence-electron chi connectivity index (χ1n) is 18.4. The Balaban J connectivity index is 1.12. The van der Waals surface area contributed by atoms with Crippen LogP contribution in [0.15, 0.2) is 35.4 Å². The Morgan fingerprint density at radius 2 is 1.88 bits per heavy atom. The molecule has 52 heavy (non-hydrogen) atoms. The van der Waals surface area contributed by atoms with Crippen LogP contribution in [0.1, 0.15) is 97.8 Å². The van der Waals surface area contributed by atoms with Gasteiger partial charge in [0, 0.05) is 36.5 Å². The van der Waals surface area contributed by atoms with Gasteiger partial charge < -0.3 is 14.6 Å². The average Bonchev–Trinajstić information content (AvgIpc) is 3.99. The van der Waals surface area contributed by atoms with Gasteiger partial charge >= 0.3 is 5.97 Å². The normalized spacial score (nSPS) is 21.1. The van der Waals surface area contributed by atoms with E-state index in [1.807, 2.05) is 43.7 Å². The quantitative estimate of drug-likeness (QED) is 0.151. The van der Waals surface area contributed by atoms with Gasteiger partial charge in [0.1, 0.15) is 22.6 Å². The number of benzene rings is 1. The minimum absolute atomic E-state index is 0.167. The molecule has 1 spiro atoms. The topological polar surface area (TPSA) is 159 Å². The molecule has 2 saturated carbocycles. The van der Waals surface area contributed by atoms with Gasteiger partial charge in [-0.2, -0.15) is 9.29 Å². The smallest absolute Gasteiger partial charge is 0.310 e. The highest BCUT2D eigenvalue weighted by Crippen LogP contribution is 2.61. The van der Waals surface area contributed by atoms with E-state index in [-0.39, 0.29) is 23.9 Å². The van der Waals surface area contributed by atoms with E-state index in [4.69, 9.17) is 19.4 Å². The molecule has 3 N–H and O–H groups in total. The highest BCUT2D eigenvalue weighted by molar-refractivity contribution is 8.22. The van der Waals surface area contributed by atoms with Crippen molar-refractivity contribution in [3.63, 3.8) is 0 Å². The summed E-state index contributed by atoms with van der Waals surface area (Å²) in [6, 6.07) is 8.09. The van der Waals surface area contributed by atoms with Gasteiger partial charge in [-0.3, -0.25) is 23.8 Å². The van der Waals surface area contributed by atoms with Gasteiger partial charge in [-0.05, 0) is 121 Å². The van der Waals surface area contributed by atoms with Crippen LogP contribution in [0.4, 0.5) is 0 Å². The minimum atomic E-state index is -3.55. The molecule has 278 valence electrons. The number of carbonyl (C=O) groups is 1. The Morgan fingerprint density at radius 3 is 2.58 bits per heavy atom. The van der Waals surface area contributed by atoms with Gasteiger partial charge in [-0.25, -0.2) is 4.68 Å². The van der Waals surface area contributed by atoms with Crippen LogP contribution in [-0.4, -0.2) is 92.7 Å². The first-order chi connectivity index (χ1) is 24.8. The second-order valence-corrected chi connectivity index (χ2v) is 17.8. The van der Waals surface area contributed by atoms with Crippen molar-refractivity contribution in [3.05, 3.63) is 64.0 Å². The van der Waals surface area contributed by atoms with Gasteiger partial charge in [0.25, 0.3) is 0 Å². The monoisotopic (exact) mass is 731 g/mol. The molecule has 1 aromatic carbocycles. The molecule has 4 aromatic rings. The molecule has 0 radical (unpaired) electrons. The van der Waals surface area contributed by atoms with Crippen molar-refractivity contribution in [2.45, 2.75) is 102 Å². The summed E-state index contributed by atoms with van der Waals surface area (Å²) in [5, 5.41) is 19.5. The molecule has 1 saturated heterocycles. The number of aromatic nitrogens is 5. The van der Waals surface area contributed by atoms with Crippen molar-refractivity contribution in [2.24, 2.45) is 5.41 Å². The summed E-state index contributed by atoms with van der Waals surface area (Å²) in [4.78, 5) is 25.0. The van der Waals surface area contributed by atoms with Crippen LogP contribution in [0.5, 0.6) is 11.8 Å². The fourth-order valence-corrected chi connectivity index (χ4v) is 9.52. The number of aryl methyl sites for hydroxylation is 3. The number of pyridine rings is 2. The fourth-order valence-electron chi connectivity index (χ4n) is 7.85. The number of carboxylic acids is 1. The molecule has 2 aliphatic carbocycles. The standard InChI is InChI=1S/C38H49N7O6S/c1-23-18-31-35(40-34(23)50-17-16-43-14-6-7-15-43)51-38(12-13-38)22-44(52(31,48)49)21-27-19-26(20-39-25(27)3)32(37(4,5)36(46)47)29-10-11-30-33(24(29)2)41-42-45(30)28-8-9-28/h10-11,18-20,28,32,48-49H,6-9,12-17,21-22H2,1-5H3,(H,46,47). The summed E-state index contributed by atoms with van der Waals surface area (Å²) in [6.45, 7) is 13.1. The van der Waals surface area contributed by atoms with Gasteiger partial charge in [0.15, 0.2) is 0 Å². The molecule has 8 rings (SSSR count). The van der Waals surface area contributed by atoms with Crippen LogP contribution in [-0.2, 0) is 11.3 Å². The second-order valence-electron chi connectivity index (χ2n) is 15.8. The van der Waals surface area contributed by atoms with E-state index in [1.165, 1.54) is 12.8 Å². The molecule has 1 unspecified atom stereocenters. The van der Waals surface area contributed by atoms with Gasteiger partial charge in [0.05, 0.1) is 23.5 Å². The van der Waals surface area contributed by atoms with Gasteiger partial charge in [-0.15, -0.1) is 15.9 Å². The van der Waals surface area contributed by atoms with Crippen molar-refractivity contribution in [3.8, 4) is 11.8 Å². The second kappa shape index (κ2) is 12.9. The maximum atomic E-state index is 12.9. The van der Waals surface area contributed by atoms with E-state index >= 15 is 0 Å². The van der Waals surface area contributed by atoms with E-state index < -0.39 is 33.7 Å². The van der Waals surface area contributed by atoms with Crippen molar-refractivity contribution in [1.82, 2.24) is 34.2 Å². The lowest BCUT2D eigenvalue weighted by Gasteiger charge is -2.42. The SMILES string of the molecule is Cc1cc2c(nc1OCCN1CCCC1)OC1(CC1)CN(Cc1cc(C(c3ccc4c(nnn4C4CC4)c3C)C(C)(C)C(=O)O)cnc1C)S2(O)O. The molecule has 4 aliphatic rings. The van der Waals surface area contributed by atoms with E-state index in [2.05, 4.69) is 15.2 Å². The zero-order valence-corrected chi connectivity index (χ0v) is 31.4. The summed E-state index contributed by atoms with van der Waals surface area (Å²) < 4.78 is 40.3. The largest absolute Gasteiger partial charge is 0.481 e. The minimum Gasteiger partial charge on any atom is -0.481 e. The average molecular weight is 732 g/mol. The maximum absolute atomic E-state index is 12.9. The summed E-state index contributed by atoms with van der Waals surface area (Å²) >= 11 is 0. The number of nitrogens with zero attached hydrogens (tertiary/aromatic N) is 7. The number of rotatable bonds is 11. The van der Waals surface area contributed by atoms with E-state index in [0.29, 0.717) is 24.1 Å². The number of ether oxygens (including phenoxy) is 2.